The van der Waals surface area contributed by atoms with Crippen molar-refractivity contribution in [1.29, 1.82) is 0 Å². The second-order valence-electron chi connectivity index (χ2n) is 10.1. The lowest BCUT2D eigenvalue weighted by molar-refractivity contribution is -0.143. The molecule has 11 heteroatoms. The standard InChI is InChI=1S/C27H29F6N3O2/c1-15-5-6-21(16(2)11-15)24-22-7-8-23(37)35(22)9-10-36(24)25(38)34(4)17(3)18-12-19(26(28,29)30)14-20(13-18)27(31,32)33/h5-6,11-14,17,22,24H,7-10H2,1-4H3. The Bertz CT molecular complexity index is 1210. The highest BCUT2D eigenvalue weighted by molar-refractivity contribution is 5.81. The molecule has 0 bridgehead atoms. The Morgan fingerprint density at radius 1 is 0.974 bits per heavy atom. The lowest BCUT2D eigenvalue weighted by Crippen LogP contribution is -2.57. The molecular formula is C27H29F6N3O2. The van der Waals surface area contributed by atoms with Gasteiger partial charge < -0.3 is 14.7 Å². The molecule has 3 atom stereocenters. The van der Waals surface area contributed by atoms with Crippen molar-refractivity contribution in [2.24, 2.45) is 0 Å². The van der Waals surface area contributed by atoms with Gasteiger partial charge >= 0.3 is 18.4 Å². The van der Waals surface area contributed by atoms with E-state index in [0.717, 1.165) is 16.7 Å². The van der Waals surface area contributed by atoms with Gasteiger partial charge in [0.15, 0.2) is 0 Å². The molecule has 0 radical (unpaired) electrons. The third kappa shape index (κ3) is 5.19. The molecule has 2 aromatic carbocycles. The van der Waals surface area contributed by atoms with Crippen molar-refractivity contribution in [2.75, 3.05) is 20.1 Å². The van der Waals surface area contributed by atoms with Crippen LogP contribution in [0.2, 0.25) is 0 Å². The number of hydrogen-bond acceptors (Lipinski definition) is 2. The van der Waals surface area contributed by atoms with E-state index in [2.05, 4.69) is 0 Å². The number of hydrogen-bond donors (Lipinski definition) is 0. The summed E-state index contributed by atoms with van der Waals surface area (Å²) in [4.78, 5) is 30.8. The molecule has 0 spiro atoms. The van der Waals surface area contributed by atoms with Gasteiger partial charge in [0.2, 0.25) is 5.91 Å². The maximum atomic E-state index is 13.8. The van der Waals surface area contributed by atoms with Crippen molar-refractivity contribution >= 4 is 11.9 Å². The Hall–Kier alpha value is -3.24. The van der Waals surface area contributed by atoms with Gasteiger partial charge in [0.25, 0.3) is 0 Å². The fraction of sp³-hybridized carbons (Fsp3) is 0.481. The summed E-state index contributed by atoms with van der Waals surface area (Å²) in [7, 11) is 1.37. The Kier molecular flexibility index (Phi) is 7.18. The maximum absolute atomic E-state index is 13.8. The first-order chi connectivity index (χ1) is 17.6. The summed E-state index contributed by atoms with van der Waals surface area (Å²) >= 11 is 0. The lowest BCUT2D eigenvalue weighted by atomic mass is 9.90. The van der Waals surface area contributed by atoms with E-state index < -0.39 is 41.6 Å². The van der Waals surface area contributed by atoms with E-state index in [1.165, 1.54) is 18.9 Å². The number of urea groups is 1. The van der Waals surface area contributed by atoms with Gasteiger partial charge in [-0.05, 0) is 62.1 Å². The molecule has 0 saturated carbocycles. The number of piperazine rings is 1. The van der Waals surface area contributed by atoms with Crippen LogP contribution in [0.4, 0.5) is 31.1 Å². The van der Waals surface area contributed by atoms with Crippen LogP contribution < -0.4 is 0 Å². The van der Waals surface area contributed by atoms with Crippen LogP contribution in [0.3, 0.4) is 0 Å². The average Bonchev–Trinajstić information content (AvgIpc) is 3.21. The zero-order valence-electron chi connectivity index (χ0n) is 21.5. The molecular weight excluding hydrogens is 512 g/mol. The van der Waals surface area contributed by atoms with Crippen molar-refractivity contribution in [3.05, 3.63) is 69.8 Å². The number of nitrogens with zero attached hydrogens (tertiary/aromatic N) is 3. The molecule has 3 unspecified atom stereocenters. The van der Waals surface area contributed by atoms with E-state index in [1.807, 2.05) is 32.0 Å². The maximum Gasteiger partial charge on any atom is 0.416 e. The zero-order chi connectivity index (χ0) is 28.2. The van der Waals surface area contributed by atoms with Crippen molar-refractivity contribution < 1.29 is 35.9 Å². The van der Waals surface area contributed by atoms with Gasteiger partial charge in [-0.3, -0.25) is 4.79 Å². The van der Waals surface area contributed by atoms with E-state index in [-0.39, 0.29) is 30.1 Å². The predicted octanol–water partition coefficient (Wildman–Crippen LogP) is 6.50. The second-order valence-corrected chi connectivity index (χ2v) is 10.1. The Balaban J connectivity index is 1.70. The van der Waals surface area contributed by atoms with Crippen LogP contribution in [0.1, 0.15) is 65.2 Å². The number of amides is 3. The molecule has 2 saturated heterocycles. The molecule has 2 aliphatic heterocycles. The lowest BCUT2D eigenvalue weighted by Gasteiger charge is -2.47. The summed E-state index contributed by atoms with van der Waals surface area (Å²) in [5.41, 5.74) is -0.330. The summed E-state index contributed by atoms with van der Waals surface area (Å²) in [6.45, 7) is 5.74. The summed E-state index contributed by atoms with van der Waals surface area (Å²) in [5, 5.41) is 0. The highest BCUT2D eigenvalue weighted by Crippen LogP contribution is 2.41. The minimum atomic E-state index is -4.99. The number of aryl methyl sites for hydroxylation is 2. The van der Waals surface area contributed by atoms with Gasteiger partial charge in [-0.2, -0.15) is 26.3 Å². The minimum Gasteiger partial charge on any atom is -0.335 e. The largest absolute Gasteiger partial charge is 0.416 e. The molecule has 4 rings (SSSR count). The summed E-state index contributed by atoms with van der Waals surface area (Å²) in [5.74, 6) is 0.00207. The minimum absolute atomic E-state index is 0.00207. The topological polar surface area (TPSA) is 43.9 Å². The van der Waals surface area contributed by atoms with E-state index in [9.17, 15) is 35.9 Å². The number of benzene rings is 2. The molecule has 0 aliphatic carbocycles. The van der Waals surface area contributed by atoms with Crippen molar-refractivity contribution in [2.45, 2.75) is 64.1 Å². The number of fused-ring (bicyclic) bond motifs is 1. The van der Waals surface area contributed by atoms with Gasteiger partial charge in [0.1, 0.15) is 0 Å². The fourth-order valence-corrected chi connectivity index (χ4v) is 5.50. The van der Waals surface area contributed by atoms with Crippen molar-refractivity contribution in [3.8, 4) is 0 Å². The van der Waals surface area contributed by atoms with E-state index in [1.54, 1.807) is 9.80 Å². The fourth-order valence-electron chi connectivity index (χ4n) is 5.50. The van der Waals surface area contributed by atoms with Crippen molar-refractivity contribution in [3.63, 3.8) is 0 Å². The van der Waals surface area contributed by atoms with Crippen LogP contribution in [0.15, 0.2) is 36.4 Å². The number of carbonyl (C=O) groups excluding carboxylic acids is 2. The summed E-state index contributed by atoms with van der Waals surface area (Å²) < 4.78 is 80.5. The Morgan fingerprint density at radius 2 is 1.58 bits per heavy atom. The Labute approximate surface area is 217 Å². The number of alkyl halides is 6. The van der Waals surface area contributed by atoms with Crippen molar-refractivity contribution in [1.82, 2.24) is 14.7 Å². The van der Waals surface area contributed by atoms with Gasteiger partial charge in [-0.25, -0.2) is 4.79 Å². The molecule has 206 valence electrons. The summed E-state index contributed by atoms with van der Waals surface area (Å²) in [6.07, 6.45) is -9.08. The van der Waals surface area contributed by atoms with Crippen LogP contribution in [0.5, 0.6) is 0 Å². The third-order valence-electron chi connectivity index (χ3n) is 7.62. The smallest absolute Gasteiger partial charge is 0.335 e. The van der Waals surface area contributed by atoms with Crippen LogP contribution in [-0.4, -0.2) is 52.8 Å². The van der Waals surface area contributed by atoms with E-state index in [4.69, 9.17) is 0 Å². The Morgan fingerprint density at radius 3 is 2.13 bits per heavy atom. The quantitative estimate of drug-likeness (QED) is 0.417. The molecule has 2 aromatic rings. The molecule has 0 N–H and O–H groups in total. The number of halogens is 6. The monoisotopic (exact) mass is 541 g/mol. The molecule has 2 heterocycles. The first kappa shape index (κ1) is 27.8. The third-order valence-corrected chi connectivity index (χ3v) is 7.62. The second kappa shape index (κ2) is 9.81. The molecule has 2 fully saturated rings. The van der Waals surface area contributed by atoms with Crippen LogP contribution in [0.25, 0.3) is 0 Å². The predicted molar refractivity (Wildman–Crippen MR) is 128 cm³/mol. The highest BCUT2D eigenvalue weighted by atomic mass is 19.4. The van der Waals surface area contributed by atoms with Crippen LogP contribution in [0, 0.1) is 13.8 Å². The molecule has 2 aliphatic rings. The molecule has 38 heavy (non-hydrogen) atoms. The van der Waals surface area contributed by atoms with Gasteiger partial charge in [0.05, 0.1) is 29.3 Å². The average molecular weight is 542 g/mol. The van der Waals surface area contributed by atoms with Gasteiger partial charge in [0, 0.05) is 26.6 Å². The zero-order valence-corrected chi connectivity index (χ0v) is 21.5. The molecule has 0 aromatic heterocycles. The van der Waals surface area contributed by atoms with Gasteiger partial charge in [-0.15, -0.1) is 0 Å². The summed E-state index contributed by atoms with van der Waals surface area (Å²) in [6, 6.07) is 4.79. The van der Waals surface area contributed by atoms with Crippen LogP contribution >= 0.6 is 0 Å². The number of rotatable bonds is 3. The first-order valence-corrected chi connectivity index (χ1v) is 12.3. The molecule has 3 amide bonds. The van der Waals surface area contributed by atoms with Gasteiger partial charge in [-0.1, -0.05) is 23.8 Å². The van der Waals surface area contributed by atoms with E-state index >= 15 is 0 Å². The number of carbonyl (C=O) groups is 2. The first-order valence-electron chi connectivity index (χ1n) is 12.3. The normalized spacial score (nSPS) is 20.9. The van der Waals surface area contributed by atoms with E-state index in [0.29, 0.717) is 31.5 Å². The van der Waals surface area contributed by atoms with Crippen LogP contribution in [-0.2, 0) is 17.1 Å². The molecule has 5 nitrogen and oxygen atoms in total. The SMILES string of the molecule is Cc1ccc(C2C3CCC(=O)N3CCN2C(=O)N(C)C(C)c2cc(C(F)(F)F)cc(C(F)(F)F)c2)c(C)c1. The highest BCUT2D eigenvalue weighted by Gasteiger charge is 2.46.